The van der Waals surface area contributed by atoms with Gasteiger partial charge < -0.3 is 14.6 Å². The van der Waals surface area contributed by atoms with Gasteiger partial charge in [-0.15, -0.1) is 0 Å². The average Bonchev–Trinajstić information content (AvgIpc) is 2.80. The maximum absolute atomic E-state index is 9.73. The molecule has 0 spiro atoms. The van der Waals surface area contributed by atoms with E-state index in [4.69, 9.17) is 9.47 Å². The summed E-state index contributed by atoms with van der Waals surface area (Å²) in [5.74, 6) is 2.02. The van der Waals surface area contributed by atoms with Crippen LogP contribution in [0.5, 0.6) is 11.5 Å². The van der Waals surface area contributed by atoms with Crippen LogP contribution in [0.1, 0.15) is 29.5 Å². The molecule has 2 heterocycles. The fraction of sp³-hybridized carbons (Fsp3) is 0.571. The molecule has 96 valence electrons. The first kappa shape index (κ1) is 11.1. The van der Waals surface area contributed by atoms with Gasteiger partial charge in [-0.1, -0.05) is 0 Å². The number of fused-ring (bicyclic) bond motifs is 2. The van der Waals surface area contributed by atoms with Crippen molar-refractivity contribution in [2.24, 2.45) is 0 Å². The lowest BCUT2D eigenvalue weighted by Crippen LogP contribution is -2.16. The zero-order valence-electron chi connectivity index (χ0n) is 10.1. The molecule has 1 aromatic rings. The van der Waals surface area contributed by atoms with Crippen LogP contribution in [0.4, 0.5) is 0 Å². The summed E-state index contributed by atoms with van der Waals surface area (Å²) in [7, 11) is 0. The Hall–Kier alpha value is -0.740. The van der Waals surface area contributed by atoms with Crippen LogP contribution in [-0.2, 0) is 18.3 Å². The monoisotopic (exact) mass is 310 g/mol. The molecule has 0 saturated heterocycles. The molecule has 1 N–H and O–H groups in total. The average molecular weight is 311 g/mol. The summed E-state index contributed by atoms with van der Waals surface area (Å²) in [5.41, 5.74) is 3.68. The van der Waals surface area contributed by atoms with Crippen LogP contribution in [-0.4, -0.2) is 24.9 Å². The Morgan fingerprint density at radius 1 is 1.06 bits per heavy atom. The zero-order valence-corrected chi connectivity index (χ0v) is 11.7. The van der Waals surface area contributed by atoms with Gasteiger partial charge in [-0.3, -0.25) is 0 Å². The number of benzene rings is 1. The van der Waals surface area contributed by atoms with Crippen molar-refractivity contribution in [3.63, 3.8) is 0 Å². The highest BCUT2D eigenvalue weighted by Crippen LogP contribution is 2.58. The fourth-order valence-electron chi connectivity index (χ4n) is 3.25. The van der Waals surface area contributed by atoms with Crippen LogP contribution in [0, 0.1) is 0 Å². The Bertz CT molecular complexity index is 499. The number of hydrogen-bond donors (Lipinski definition) is 1. The minimum atomic E-state index is -0.0487. The van der Waals surface area contributed by atoms with E-state index in [-0.39, 0.29) is 12.0 Å². The summed E-state index contributed by atoms with van der Waals surface area (Å²) < 4.78 is 12.7. The van der Waals surface area contributed by atoms with Crippen LogP contribution in [0.3, 0.4) is 0 Å². The first-order valence-corrected chi connectivity index (χ1v) is 7.30. The van der Waals surface area contributed by atoms with Gasteiger partial charge >= 0.3 is 0 Å². The number of aliphatic hydroxyl groups excluding tert-OH is 1. The predicted octanol–water partition coefficient (Wildman–Crippen LogP) is 2.34. The van der Waals surface area contributed by atoms with E-state index in [1.807, 2.05) is 0 Å². The summed E-state index contributed by atoms with van der Waals surface area (Å²) in [5, 5.41) is 9.73. The highest BCUT2D eigenvalue weighted by atomic mass is 79.9. The molecule has 3 aliphatic rings. The standard InChI is InChI=1S/C14H15BrO3/c15-11-9-2-6-17-12(9)10(14(7-16)3-4-14)8-1-5-18-13(8)11/h16H,1-7H2. The second-order valence-electron chi connectivity index (χ2n) is 5.44. The minimum Gasteiger partial charge on any atom is -0.493 e. The molecular formula is C14H15BrO3. The van der Waals surface area contributed by atoms with Gasteiger partial charge in [0.25, 0.3) is 0 Å². The Labute approximate surface area is 114 Å². The molecule has 1 saturated carbocycles. The molecule has 0 atom stereocenters. The Morgan fingerprint density at radius 2 is 1.72 bits per heavy atom. The van der Waals surface area contributed by atoms with E-state index in [0.717, 1.165) is 54.9 Å². The van der Waals surface area contributed by atoms with Crippen LogP contribution < -0.4 is 9.47 Å². The minimum absolute atomic E-state index is 0.0487. The molecule has 1 fully saturated rings. The zero-order chi connectivity index (χ0) is 12.3. The first-order chi connectivity index (χ1) is 8.77. The maximum atomic E-state index is 9.73. The second kappa shape index (κ2) is 3.64. The molecule has 0 unspecified atom stereocenters. The van der Waals surface area contributed by atoms with Gasteiger partial charge in [0.05, 0.1) is 24.3 Å². The van der Waals surface area contributed by atoms with Gasteiger partial charge in [-0.05, 0) is 28.8 Å². The molecule has 0 amide bonds. The molecule has 18 heavy (non-hydrogen) atoms. The van der Waals surface area contributed by atoms with Crippen molar-refractivity contribution < 1.29 is 14.6 Å². The van der Waals surface area contributed by atoms with E-state index < -0.39 is 0 Å². The molecule has 2 aliphatic heterocycles. The molecule has 1 aromatic carbocycles. The summed E-state index contributed by atoms with van der Waals surface area (Å²) >= 11 is 3.66. The lowest BCUT2D eigenvalue weighted by Gasteiger charge is -2.21. The quantitative estimate of drug-likeness (QED) is 0.911. The van der Waals surface area contributed by atoms with Gasteiger partial charge in [-0.25, -0.2) is 0 Å². The van der Waals surface area contributed by atoms with Crippen LogP contribution in [0.25, 0.3) is 0 Å². The van der Waals surface area contributed by atoms with E-state index in [2.05, 4.69) is 15.9 Å². The number of rotatable bonds is 2. The summed E-state index contributed by atoms with van der Waals surface area (Å²) in [6.45, 7) is 1.70. The number of aliphatic hydroxyl groups is 1. The predicted molar refractivity (Wildman–Crippen MR) is 70.5 cm³/mol. The van der Waals surface area contributed by atoms with Crippen molar-refractivity contribution in [1.82, 2.24) is 0 Å². The Kier molecular flexibility index (Phi) is 2.25. The van der Waals surface area contributed by atoms with Crippen molar-refractivity contribution >= 4 is 15.9 Å². The molecule has 0 bridgehead atoms. The van der Waals surface area contributed by atoms with Gasteiger partial charge in [0, 0.05) is 34.9 Å². The van der Waals surface area contributed by atoms with Gasteiger partial charge in [0.1, 0.15) is 11.5 Å². The third kappa shape index (κ3) is 1.28. The summed E-state index contributed by atoms with van der Waals surface area (Å²) in [6.07, 6.45) is 3.99. The van der Waals surface area contributed by atoms with Gasteiger partial charge in [0.15, 0.2) is 0 Å². The summed E-state index contributed by atoms with van der Waals surface area (Å²) in [6, 6.07) is 0. The van der Waals surface area contributed by atoms with Crippen molar-refractivity contribution in [2.45, 2.75) is 31.1 Å². The van der Waals surface area contributed by atoms with Gasteiger partial charge in [0.2, 0.25) is 0 Å². The van der Waals surface area contributed by atoms with Gasteiger partial charge in [-0.2, -0.15) is 0 Å². The molecule has 4 heteroatoms. The van der Waals surface area contributed by atoms with Crippen molar-refractivity contribution in [1.29, 1.82) is 0 Å². The van der Waals surface area contributed by atoms with E-state index in [9.17, 15) is 5.11 Å². The molecule has 0 radical (unpaired) electrons. The Morgan fingerprint density at radius 3 is 2.39 bits per heavy atom. The van der Waals surface area contributed by atoms with Crippen molar-refractivity contribution in [2.75, 3.05) is 19.8 Å². The topological polar surface area (TPSA) is 38.7 Å². The second-order valence-corrected chi connectivity index (χ2v) is 6.23. The molecule has 1 aliphatic carbocycles. The van der Waals surface area contributed by atoms with E-state index in [0.29, 0.717) is 0 Å². The lowest BCUT2D eigenvalue weighted by molar-refractivity contribution is 0.250. The van der Waals surface area contributed by atoms with Crippen molar-refractivity contribution in [3.8, 4) is 11.5 Å². The summed E-state index contributed by atoms with van der Waals surface area (Å²) in [4.78, 5) is 0. The van der Waals surface area contributed by atoms with Crippen LogP contribution in [0.15, 0.2) is 4.47 Å². The molecule has 4 rings (SSSR count). The van der Waals surface area contributed by atoms with Crippen LogP contribution in [0.2, 0.25) is 0 Å². The highest BCUT2D eigenvalue weighted by Gasteiger charge is 2.49. The molecule has 0 aromatic heterocycles. The molecular weight excluding hydrogens is 296 g/mol. The maximum Gasteiger partial charge on any atom is 0.137 e. The first-order valence-electron chi connectivity index (χ1n) is 6.51. The molecule has 3 nitrogen and oxygen atoms in total. The third-order valence-corrected chi connectivity index (χ3v) is 5.26. The Balaban J connectivity index is 2.02. The fourth-order valence-corrected chi connectivity index (χ4v) is 3.98. The largest absolute Gasteiger partial charge is 0.493 e. The van der Waals surface area contributed by atoms with E-state index in [1.165, 1.54) is 16.7 Å². The SMILES string of the molecule is OCC1(c2c3c(c(Br)c4c2OCC4)OCC3)CC1. The normalized spacial score (nSPS) is 22.1. The van der Waals surface area contributed by atoms with Crippen molar-refractivity contribution in [3.05, 3.63) is 21.2 Å². The number of hydrogen-bond acceptors (Lipinski definition) is 3. The smallest absolute Gasteiger partial charge is 0.137 e. The lowest BCUT2D eigenvalue weighted by atomic mass is 9.88. The number of halogens is 1. The van der Waals surface area contributed by atoms with Crippen LogP contribution >= 0.6 is 15.9 Å². The highest BCUT2D eigenvalue weighted by molar-refractivity contribution is 9.10. The third-order valence-electron chi connectivity index (χ3n) is 4.42. The number of ether oxygens (including phenoxy) is 2. The van der Waals surface area contributed by atoms with E-state index in [1.54, 1.807) is 0 Å². The van der Waals surface area contributed by atoms with E-state index >= 15 is 0 Å².